The van der Waals surface area contributed by atoms with E-state index in [0.717, 1.165) is 63.8 Å². The molecule has 6 rings (SSSR count). The topological polar surface area (TPSA) is 105 Å². The summed E-state index contributed by atoms with van der Waals surface area (Å²) in [6.07, 6.45) is 2.15. The van der Waals surface area contributed by atoms with E-state index in [2.05, 4.69) is 32.2 Å². The molecule has 1 amide bonds. The predicted molar refractivity (Wildman–Crippen MR) is 166 cm³/mol. The van der Waals surface area contributed by atoms with Crippen LogP contribution in [0.25, 0.3) is 33.1 Å². The number of fused-ring (bicyclic) bond motifs is 2. The molecule has 2 aromatic heterocycles. The Labute approximate surface area is 250 Å². The van der Waals surface area contributed by atoms with Crippen molar-refractivity contribution in [1.29, 1.82) is 0 Å². The van der Waals surface area contributed by atoms with Gasteiger partial charge in [-0.05, 0) is 66.6 Å². The predicted octanol–water partition coefficient (Wildman–Crippen LogP) is 5.88. The summed E-state index contributed by atoms with van der Waals surface area (Å²) in [5, 5.41) is 12.1. The highest BCUT2D eigenvalue weighted by Crippen LogP contribution is 2.32. The number of amides is 1. The van der Waals surface area contributed by atoms with Gasteiger partial charge in [-0.1, -0.05) is 37.3 Å². The van der Waals surface area contributed by atoms with Crippen molar-refractivity contribution >= 4 is 33.4 Å². The summed E-state index contributed by atoms with van der Waals surface area (Å²) in [5.74, 6) is 1.87. The standard InChI is InChI=1S/C34H37N5O4/c1-4-26(40)10-7-15-38-16-17-39(32(41)20-28-22(2)35-30-14-13-27(42-3)19-29(28)30)31(21-38)34-37-36-33(43-34)25-12-11-23-8-5-6-9-24(23)18-25/h5-6,8-9,11-14,18-19,31,35H,4,7,10,15-17,20-21H2,1-3H3. The van der Waals surface area contributed by atoms with E-state index < -0.39 is 6.04 Å². The van der Waals surface area contributed by atoms with E-state index >= 15 is 0 Å². The third-order valence-corrected chi connectivity index (χ3v) is 8.49. The number of aromatic amines is 1. The number of nitrogens with one attached hydrogen (secondary N) is 1. The van der Waals surface area contributed by atoms with E-state index in [9.17, 15) is 9.59 Å². The summed E-state index contributed by atoms with van der Waals surface area (Å²) >= 11 is 0. The molecule has 0 spiro atoms. The quantitative estimate of drug-likeness (QED) is 0.220. The molecule has 1 N–H and O–H groups in total. The molecule has 3 aromatic carbocycles. The Hall–Kier alpha value is -4.50. The third-order valence-electron chi connectivity index (χ3n) is 8.49. The van der Waals surface area contributed by atoms with Crippen LogP contribution in [-0.2, 0) is 16.0 Å². The molecule has 0 saturated carbocycles. The van der Waals surface area contributed by atoms with Gasteiger partial charge in [-0.25, -0.2) is 0 Å². The van der Waals surface area contributed by atoms with Gasteiger partial charge in [0.2, 0.25) is 17.7 Å². The number of carbonyl (C=O) groups excluding carboxylic acids is 2. The van der Waals surface area contributed by atoms with Crippen LogP contribution in [0.4, 0.5) is 0 Å². The number of ketones is 1. The molecule has 3 heterocycles. The van der Waals surface area contributed by atoms with Crippen LogP contribution in [0.2, 0.25) is 0 Å². The van der Waals surface area contributed by atoms with Crippen LogP contribution >= 0.6 is 0 Å². The number of rotatable bonds is 10. The lowest BCUT2D eigenvalue weighted by molar-refractivity contribution is -0.136. The normalized spacial score (nSPS) is 15.8. The van der Waals surface area contributed by atoms with E-state index in [1.807, 2.05) is 67.3 Å². The first kappa shape index (κ1) is 28.6. The number of carbonyl (C=O) groups is 2. The summed E-state index contributed by atoms with van der Waals surface area (Å²) < 4.78 is 11.7. The first-order chi connectivity index (χ1) is 20.9. The molecule has 9 nitrogen and oxygen atoms in total. The van der Waals surface area contributed by atoms with Gasteiger partial charge in [0.25, 0.3) is 0 Å². The molecule has 5 aromatic rings. The number of hydrogen-bond acceptors (Lipinski definition) is 7. The van der Waals surface area contributed by atoms with Crippen molar-refractivity contribution in [2.75, 3.05) is 33.3 Å². The second-order valence-corrected chi connectivity index (χ2v) is 11.2. The smallest absolute Gasteiger partial charge is 0.247 e. The molecule has 1 fully saturated rings. The SMILES string of the molecule is CCC(=O)CCCN1CCN(C(=O)Cc2c(C)[nH]c3ccc(OC)cc23)C(c2nnc(-c3ccc4ccccc4c3)o2)C1. The first-order valence-electron chi connectivity index (χ1n) is 14.9. The molecule has 43 heavy (non-hydrogen) atoms. The van der Waals surface area contributed by atoms with Crippen LogP contribution < -0.4 is 4.74 Å². The molecule has 222 valence electrons. The summed E-state index contributed by atoms with van der Waals surface area (Å²) in [7, 11) is 1.64. The number of nitrogens with zero attached hydrogens (tertiary/aromatic N) is 4. The number of hydrogen-bond donors (Lipinski definition) is 1. The van der Waals surface area contributed by atoms with Crippen LogP contribution in [0.3, 0.4) is 0 Å². The van der Waals surface area contributed by atoms with E-state index in [1.165, 1.54) is 0 Å². The van der Waals surface area contributed by atoms with Crippen LogP contribution in [0.1, 0.15) is 49.4 Å². The lowest BCUT2D eigenvalue weighted by Gasteiger charge is -2.40. The first-order valence-corrected chi connectivity index (χ1v) is 14.9. The molecule has 1 aliphatic heterocycles. The molecule has 0 bridgehead atoms. The Bertz CT molecular complexity index is 1770. The van der Waals surface area contributed by atoms with Gasteiger partial charge >= 0.3 is 0 Å². The zero-order valence-corrected chi connectivity index (χ0v) is 24.9. The lowest BCUT2D eigenvalue weighted by atomic mass is 10.0. The summed E-state index contributed by atoms with van der Waals surface area (Å²) in [4.78, 5) is 33.5. The van der Waals surface area contributed by atoms with Crippen molar-refractivity contribution in [3.05, 3.63) is 77.8 Å². The number of aryl methyl sites for hydroxylation is 1. The average molecular weight is 580 g/mol. The molecule has 9 heteroatoms. The maximum atomic E-state index is 14.0. The Morgan fingerprint density at radius 2 is 1.88 bits per heavy atom. The highest BCUT2D eigenvalue weighted by atomic mass is 16.5. The van der Waals surface area contributed by atoms with Crippen molar-refractivity contribution in [3.8, 4) is 17.2 Å². The van der Waals surface area contributed by atoms with Gasteiger partial charge in [-0.3, -0.25) is 14.5 Å². The maximum absolute atomic E-state index is 14.0. The van der Waals surface area contributed by atoms with Gasteiger partial charge in [0.1, 0.15) is 17.6 Å². The molecular formula is C34H37N5O4. The van der Waals surface area contributed by atoms with Crippen LogP contribution in [0, 0.1) is 6.92 Å². The number of methoxy groups -OCH3 is 1. The van der Waals surface area contributed by atoms with Gasteiger partial charge in [0.05, 0.1) is 13.5 Å². The van der Waals surface area contributed by atoms with Gasteiger partial charge < -0.3 is 19.0 Å². The fourth-order valence-electron chi connectivity index (χ4n) is 6.01. The number of Topliss-reactive ketones (excluding diaryl/α,β-unsaturated/α-hetero) is 1. The second-order valence-electron chi connectivity index (χ2n) is 11.2. The molecule has 1 aliphatic rings. The number of piperazine rings is 1. The summed E-state index contributed by atoms with van der Waals surface area (Å²) in [6.45, 7) is 6.48. The van der Waals surface area contributed by atoms with Gasteiger partial charge in [-0.2, -0.15) is 0 Å². The zero-order valence-electron chi connectivity index (χ0n) is 24.9. The van der Waals surface area contributed by atoms with Crippen LogP contribution in [0.15, 0.2) is 65.1 Å². The van der Waals surface area contributed by atoms with Crippen molar-refractivity contribution in [2.24, 2.45) is 0 Å². The van der Waals surface area contributed by atoms with Crippen molar-refractivity contribution in [2.45, 2.75) is 45.6 Å². The van der Waals surface area contributed by atoms with Crippen LogP contribution in [-0.4, -0.2) is 70.0 Å². The highest BCUT2D eigenvalue weighted by molar-refractivity contribution is 5.91. The molecule has 0 radical (unpaired) electrons. The fraction of sp³-hybridized carbons (Fsp3) is 0.353. The van der Waals surface area contributed by atoms with E-state index in [1.54, 1.807) is 7.11 Å². The molecule has 1 saturated heterocycles. The fourth-order valence-corrected chi connectivity index (χ4v) is 6.01. The van der Waals surface area contributed by atoms with Gasteiger partial charge in [0.15, 0.2) is 0 Å². The van der Waals surface area contributed by atoms with Crippen molar-refractivity contribution < 1.29 is 18.7 Å². The van der Waals surface area contributed by atoms with E-state index in [-0.39, 0.29) is 18.1 Å². The lowest BCUT2D eigenvalue weighted by Crippen LogP contribution is -2.51. The van der Waals surface area contributed by atoms with Crippen LogP contribution in [0.5, 0.6) is 5.75 Å². The molecule has 1 atom stereocenters. The van der Waals surface area contributed by atoms with E-state index in [0.29, 0.717) is 37.7 Å². The minimum Gasteiger partial charge on any atom is -0.497 e. The largest absolute Gasteiger partial charge is 0.497 e. The Morgan fingerprint density at radius 3 is 2.70 bits per heavy atom. The van der Waals surface area contributed by atoms with Gasteiger partial charge in [-0.15, -0.1) is 10.2 Å². The number of ether oxygens (including phenoxy) is 1. The Kier molecular flexibility index (Phi) is 8.24. The third kappa shape index (κ3) is 6.03. The monoisotopic (exact) mass is 579 g/mol. The maximum Gasteiger partial charge on any atom is 0.247 e. The number of benzene rings is 3. The molecule has 0 aliphatic carbocycles. The van der Waals surface area contributed by atoms with Crippen molar-refractivity contribution in [1.82, 2.24) is 25.0 Å². The average Bonchev–Trinajstić information content (AvgIpc) is 3.65. The number of aromatic nitrogens is 3. The van der Waals surface area contributed by atoms with Gasteiger partial charge in [0, 0.05) is 54.6 Å². The molecule has 1 unspecified atom stereocenters. The highest BCUT2D eigenvalue weighted by Gasteiger charge is 2.35. The number of H-pyrrole nitrogens is 1. The zero-order chi connectivity index (χ0) is 29.9. The summed E-state index contributed by atoms with van der Waals surface area (Å²) in [6, 6.07) is 19.7. The minimum absolute atomic E-state index is 0.00286. The molecular weight excluding hydrogens is 542 g/mol. The van der Waals surface area contributed by atoms with Crippen molar-refractivity contribution in [3.63, 3.8) is 0 Å². The summed E-state index contributed by atoms with van der Waals surface area (Å²) in [5.41, 5.74) is 3.73. The Morgan fingerprint density at radius 1 is 1.05 bits per heavy atom. The van der Waals surface area contributed by atoms with E-state index in [4.69, 9.17) is 9.15 Å². The Balaban J connectivity index is 1.27. The second kappa shape index (κ2) is 12.4. The minimum atomic E-state index is -0.398.